The highest BCUT2D eigenvalue weighted by molar-refractivity contribution is 6.32. The van der Waals surface area contributed by atoms with E-state index in [2.05, 4.69) is 18.8 Å². The van der Waals surface area contributed by atoms with Crippen LogP contribution in [0.15, 0.2) is 24.4 Å². The third kappa shape index (κ3) is 1.85. The molecule has 84 valence electrons. The Kier molecular flexibility index (Phi) is 3.01. The van der Waals surface area contributed by atoms with Gasteiger partial charge < -0.3 is 4.74 Å². The Hall–Kier alpha value is -1.28. The Bertz CT molecular complexity index is 523. The average Bonchev–Trinajstić information content (AvgIpc) is 2.27. The van der Waals surface area contributed by atoms with Crippen molar-refractivity contribution >= 4 is 22.5 Å². The second kappa shape index (κ2) is 4.30. The number of ether oxygens (including phenoxy) is 1. The first-order valence-corrected chi connectivity index (χ1v) is 5.63. The zero-order valence-electron chi connectivity index (χ0n) is 9.62. The summed E-state index contributed by atoms with van der Waals surface area (Å²) in [5.41, 5.74) is 2.18. The van der Waals surface area contributed by atoms with E-state index >= 15 is 0 Å². The van der Waals surface area contributed by atoms with Gasteiger partial charge in [-0.2, -0.15) is 0 Å². The van der Waals surface area contributed by atoms with Crippen LogP contribution in [0, 0.1) is 0 Å². The van der Waals surface area contributed by atoms with E-state index in [-0.39, 0.29) is 0 Å². The van der Waals surface area contributed by atoms with E-state index < -0.39 is 0 Å². The normalized spacial score (nSPS) is 11.1. The summed E-state index contributed by atoms with van der Waals surface area (Å²) in [6.07, 6.45) is 1.82. The van der Waals surface area contributed by atoms with Gasteiger partial charge in [0.1, 0.15) is 5.75 Å². The first-order valence-electron chi connectivity index (χ1n) is 5.25. The highest BCUT2D eigenvalue weighted by Crippen LogP contribution is 2.32. The van der Waals surface area contributed by atoms with Crippen LogP contribution in [-0.4, -0.2) is 12.1 Å². The number of halogens is 1. The summed E-state index contributed by atoms with van der Waals surface area (Å²) in [4.78, 5) is 4.34. The van der Waals surface area contributed by atoms with Crippen LogP contribution >= 0.6 is 11.6 Å². The predicted octanol–water partition coefficient (Wildman–Crippen LogP) is 4.02. The number of aromatic nitrogens is 1. The summed E-state index contributed by atoms with van der Waals surface area (Å²) in [7, 11) is 1.61. The van der Waals surface area contributed by atoms with E-state index in [0.29, 0.717) is 16.7 Å². The lowest BCUT2D eigenvalue weighted by molar-refractivity contribution is 0.415. The monoisotopic (exact) mass is 235 g/mol. The van der Waals surface area contributed by atoms with Gasteiger partial charge in [0.2, 0.25) is 0 Å². The van der Waals surface area contributed by atoms with Crippen molar-refractivity contribution in [1.82, 2.24) is 4.98 Å². The zero-order chi connectivity index (χ0) is 11.7. The van der Waals surface area contributed by atoms with Crippen molar-refractivity contribution in [2.24, 2.45) is 0 Å². The van der Waals surface area contributed by atoms with Crippen LogP contribution in [-0.2, 0) is 0 Å². The molecule has 1 heterocycles. The van der Waals surface area contributed by atoms with Gasteiger partial charge in [-0.05, 0) is 23.6 Å². The lowest BCUT2D eigenvalue weighted by atomic mass is 9.99. The second-order valence-corrected chi connectivity index (χ2v) is 4.47. The molecule has 1 aromatic heterocycles. The van der Waals surface area contributed by atoms with Gasteiger partial charge in [0.05, 0.1) is 17.6 Å². The fraction of sp³-hybridized carbons (Fsp3) is 0.308. The summed E-state index contributed by atoms with van der Waals surface area (Å²) >= 11 is 6.13. The predicted molar refractivity (Wildman–Crippen MR) is 67.4 cm³/mol. The maximum atomic E-state index is 6.13. The molecule has 0 atom stereocenters. The van der Waals surface area contributed by atoms with Crippen LogP contribution in [0.25, 0.3) is 10.9 Å². The fourth-order valence-electron chi connectivity index (χ4n) is 1.83. The lowest BCUT2D eigenvalue weighted by Crippen LogP contribution is -1.92. The Morgan fingerprint density at radius 1 is 1.31 bits per heavy atom. The van der Waals surface area contributed by atoms with Crippen molar-refractivity contribution in [3.8, 4) is 5.75 Å². The molecule has 2 aromatic rings. The third-order valence-electron chi connectivity index (χ3n) is 2.67. The molecule has 0 saturated carbocycles. The largest absolute Gasteiger partial charge is 0.495 e. The molecule has 16 heavy (non-hydrogen) atoms. The maximum Gasteiger partial charge on any atom is 0.139 e. The van der Waals surface area contributed by atoms with E-state index in [1.165, 1.54) is 5.56 Å². The third-order valence-corrected chi connectivity index (χ3v) is 2.97. The minimum Gasteiger partial charge on any atom is -0.495 e. The number of fused-ring (bicyclic) bond motifs is 1. The van der Waals surface area contributed by atoms with Crippen LogP contribution in [0.4, 0.5) is 0 Å². The van der Waals surface area contributed by atoms with Gasteiger partial charge in [0, 0.05) is 17.6 Å². The van der Waals surface area contributed by atoms with Gasteiger partial charge in [0.25, 0.3) is 0 Å². The quantitative estimate of drug-likeness (QED) is 0.784. The van der Waals surface area contributed by atoms with Crippen molar-refractivity contribution < 1.29 is 4.74 Å². The number of hydrogen-bond acceptors (Lipinski definition) is 2. The van der Waals surface area contributed by atoms with Gasteiger partial charge >= 0.3 is 0 Å². The van der Waals surface area contributed by atoms with Crippen LogP contribution in [0.1, 0.15) is 25.3 Å². The Morgan fingerprint density at radius 3 is 2.69 bits per heavy atom. The van der Waals surface area contributed by atoms with Gasteiger partial charge in [0.15, 0.2) is 0 Å². The molecule has 3 heteroatoms. The topological polar surface area (TPSA) is 22.1 Å². The standard InChI is InChI=1S/C13H14ClNO/c1-8(2)9-4-5-15-12-7-13(16-3)11(14)6-10(9)12/h4-8H,1-3H3. The molecule has 0 aliphatic heterocycles. The Labute approximate surface area is 100 Å². The van der Waals surface area contributed by atoms with Crippen molar-refractivity contribution in [2.45, 2.75) is 19.8 Å². The molecule has 0 N–H and O–H groups in total. The molecule has 0 bridgehead atoms. The first kappa shape index (κ1) is 11.2. The number of hydrogen-bond donors (Lipinski definition) is 0. The van der Waals surface area contributed by atoms with Gasteiger partial charge in [-0.3, -0.25) is 4.98 Å². The van der Waals surface area contributed by atoms with Gasteiger partial charge in [-0.25, -0.2) is 0 Å². The number of benzene rings is 1. The molecule has 0 spiro atoms. The van der Waals surface area contributed by atoms with Gasteiger partial charge in [-0.15, -0.1) is 0 Å². The molecule has 2 nitrogen and oxygen atoms in total. The highest BCUT2D eigenvalue weighted by atomic mass is 35.5. The van der Waals surface area contributed by atoms with E-state index in [1.54, 1.807) is 7.11 Å². The summed E-state index contributed by atoms with van der Waals surface area (Å²) in [5, 5.41) is 1.73. The average molecular weight is 236 g/mol. The summed E-state index contributed by atoms with van der Waals surface area (Å²) in [6, 6.07) is 5.84. The first-order chi connectivity index (χ1) is 7.63. The van der Waals surface area contributed by atoms with E-state index in [4.69, 9.17) is 16.3 Å². The highest BCUT2D eigenvalue weighted by Gasteiger charge is 2.09. The molecule has 0 unspecified atom stereocenters. The SMILES string of the molecule is COc1cc2nccc(C(C)C)c2cc1Cl. The van der Waals surface area contributed by atoms with Crippen LogP contribution in [0.5, 0.6) is 5.75 Å². The van der Waals surface area contributed by atoms with Gasteiger partial charge in [-0.1, -0.05) is 25.4 Å². The number of nitrogens with zero attached hydrogens (tertiary/aromatic N) is 1. The molecular weight excluding hydrogens is 222 g/mol. The molecule has 2 rings (SSSR count). The fourth-order valence-corrected chi connectivity index (χ4v) is 2.07. The molecule has 0 aliphatic rings. The van der Waals surface area contributed by atoms with E-state index in [0.717, 1.165) is 10.9 Å². The van der Waals surface area contributed by atoms with E-state index in [1.807, 2.05) is 24.4 Å². The van der Waals surface area contributed by atoms with E-state index in [9.17, 15) is 0 Å². The minimum atomic E-state index is 0.454. The van der Waals surface area contributed by atoms with Crippen LogP contribution in [0.2, 0.25) is 5.02 Å². The molecule has 0 amide bonds. The lowest BCUT2D eigenvalue weighted by Gasteiger charge is -2.11. The number of pyridine rings is 1. The number of rotatable bonds is 2. The van der Waals surface area contributed by atoms with Crippen molar-refractivity contribution in [2.75, 3.05) is 7.11 Å². The molecule has 0 saturated heterocycles. The Balaban J connectivity index is 2.74. The molecular formula is C13H14ClNO. The summed E-state index contributed by atoms with van der Waals surface area (Å²) < 4.78 is 5.18. The van der Waals surface area contributed by atoms with Crippen LogP contribution < -0.4 is 4.74 Å². The Morgan fingerprint density at radius 2 is 2.06 bits per heavy atom. The number of methoxy groups -OCH3 is 1. The van der Waals surface area contributed by atoms with Crippen LogP contribution in [0.3, 0.4) is 0 Å². The van der Waals surface area contributed by atoms with Crippen molar-refractivity contribution in [3.05, 3.63) is 35.0 Å². The zero-order valence-corrected chi connectivity index (χ0v) is 10.4. The molecule has 0 aliphatic carbocycles. The smallest absolute Gasteiger partial charge is 0.139 e. The summed E-state index contributed by atoms with van der Waals surface area (Å²) in [6.45, 7) is 4.32. The molecule has 1 aromatic carbocycles. The minimum absolute atomic E-state index is 0.454. The van der Waals surface area contributed by atoms with Crippen molar-refractivity contribution in [3.63, 3.8) is 0 Å². The second-order valence-electron chi connectivity index (χ2n) is 4.06. The molecule has 0 radical (unpaired) electrons. The van der Waals surface area contributed by atoms with Crippen molar-refractivity contribution in [1.29, 1.82) is 0 Å². The molecule has 0 fully saturated rings. The maximum absolute atomic E-state index is 6.13. The summed E-state index contributed by atoms with van der Waals surface area (Å²) in [5.74, 6) is 1.12.